The lowest BCUT2D eigenvalue weighted by atomic mass is 10.1. The maximum absolute atomic E-state index is 11.8. The zero-order valence-corrected chi connectivity index (χ0v) is 17.7. The predicted octanol–water partition coefficient (Wildman–Crippen LogP) is 2.84. The highest BCUT2D eigenvalue weighted by Crippen LogP contribution is 2.27. The molecule has 1 saturated heterocycles. The number of hydrogen-bond acceptors (Lipinski definition) is 7. The van der Waals surface area contributed by atoms with Crippen LogP contribution in [0.2, 0.25) is 0 Å². The molecule has 0 saturated carbocycles. The second-order valence-electron chi connectivity index (χ2n) is 7.16. The zero-order valence-electron chi connectivity index (χ0n) is 16.1. The molecule has 154 valence electrons. The molecule has 0 bridgehead atoms. The third-order valence-corrected chi connectivity index (χ3v) is 7.15. The molecule has 3 aromatic rings. The molecular formula is C19H23ClN6O2S. The largest absolute Gasteiger partial charge is 0.366 e. The van der Waals surface area contributed by atoms with Gasteiger partial charge in [-0.25, -0.2) is 13.4 Å². The molecule has 4 rings (SSSR count). The Bertz CT molecular complexity index is 1100. The monoisotopic (exact) mass is 434 g/mol. The lowest BCUT2D eigenvalue weighted by Crippen LogP contribution is -2.41. The predicted molar refractivity (Wildman–Crippen MR) is 114 cm³/mol. The zero-order chi connectivity index (χ0) is 20.4. The Kier molecular flexibility index (Phi) is 5.60. The fourth-order valence-corrected chi connectivity index (χ4v) is 4.85. The highest BCUT2D eigenvalue weighted by atomic mass is 35.7. The first-order valence-corrected chi connectivity index (χ1v) is 12.0. The van der Waals surface area contributed by atoms with E-state index in [1.807, 2.05) is 35.5 Å². The number of nitrogens with one attached hydrogen (secondary N) is 1. The third kappa shape index (κ3) is 4.30. The van der Waals surface area contributed by atoms with Crippen molar-refractivity contribution < 1.29 is 8.42 Å². The first-order valence-electron chi connectivity index (χ1n) is 9.64. The Labute approximate surface area is 174 Å². The number of nitrogens with zero attached hydrogens (tertiary/aromatic N) is 5. The van der Waals surface area contributed by atoms with Crippen molar-refractivity contribution in [3.05, 3.63) is 47.9 Å². The summed E-state index contributed by atoms with van der Waals surface area (Å²) >= 11 is 0. The number of pyridine rings is 1. The Morgan fingerprint density at radius 1 is 1.34 bits per heavy atom. The van der Waals surface area contributed by atoms with Gasteiger partial charge in [0.15, 0.2) is 5.65 Å². The maximum atomic E-state index is 11.8. The van der Waals surface area contributed by atoms with E-state index in [1.165, 1.54) is 0 Å². The van der Waals surface area contributed by atoms with Crippen LogP contribution in [0, 0.1) is 0 Å². The van der Waals surface area contributed by atoms with Crippen molar-refractivity contribution in [3.8, 4) is 0 Å². The summed E-state index contributed by atoms with van der Waals surface area (Å²) in [7, 11) is 2.03. The molecule has 10 heteroatoms. The van der Waals surface area contributed by atoms with Crippen molar-refractivity contribution in [1.82, 2.24) is 19.6 Å². The van der Waals surface area contributed by atoms with Crippen molar-refractivity contribution >= 4 is 37.0 Å². The van der Waals surface area contributed by atoms with Gasteiger partial charge in [-0.15, -0.1) is 0 Å². The topological polar surface area (TPSA) is 92.5 Å². The molecule has 0 amide bonds. The Morgan fingerprint density at radius 3 is 2.93 bits per heavy atom. The molecule has 1 aliphatic rings. The summed E-state index contributed by atoms with van der Waals surface area (Å²) in [6, 6.07) is 5.81. The van der Waals surface area contributed by atoms with E-state index in [1.54, 1.807) is 10.7 Å². The summed E-state index contributed by atoms with van der Waals surface area (Å²) in [4.78, 5) is 10.9. The summed E-state index contributed by atoms with van der Waals surface area (Å²) < 4.78 is 25.5. The fourth-order valence-electron chi connectivity index (χ4n) is 3.60. The normalized spacial score (nSPS) is 17.6. The van der Waals surface area contributed by atoms with Gasteiger partial charge in [0.25, 0.3) is 0 Å². The average Bonchev–Trinajstić information content (AvgIpc) is 3.15. The van der Waals surface area contributed by atoms with E-state index in [0.717, 1.165) is 47.8 Å². The van der Waals surface area contributed by atoms with E-state index in [-0.39, 0.29) is 0 Å². The van der Waals surface area contributed by atoms with E-state index < -0.39 is 14.3 Å². The standard InChI is InChI=1S/C19H23ClN6O2S/c1-2-15-12-23-26-17(22-11-14-5-3-7-21-10-14)9-18(24-19(15)26)25-8-4-6-16(13-25)29(20,27)28/h3,5,7,9-10,12,16,22H,2,4,6,8,11,13H2,1H3. The van der Waals surface area contributed by atoms with Gasteiger partial charge in [-0.2, -0.15) is 9.61 Å². The summed E-state index contributed by atoms with van der Waals surface area (Å²) in [6.07, 6.45) is 7.51. The second kappa shape index (κ2) is 8.16. The first kappa shape index (κ1) is 19.9. The van der Waals surface area contributed by atoms with E-state index in [4.69, 9.17) is 15.7 Å². The number of aryl methyl sites for hydroxylation is 1. The molecule has 8 nitrogen and oxygen atoms in total. The number of rotatable bonds is 6. The summed E-state index contributed by atoms with van der Waals surface area (Å²) in [5, 5.41) is 7.31. The van der Waals surface area contributed by atoms with Crippen LogP contribution in [-0.2, 0) is 22.0 Å². The van der Waals surface area contributed by atoms with Crippen LogP contribution in [0.25, 0.3) is 5.65 Å². The van der Waals surface area contributed by atoms with Gasteiger partial charge in [-0.05, 0) is 30.9 Å². The van der Waals surface area contributed by atoms with Crippen LogP contribution in [0.4, 0.5) is 11.6 Å². The van der Waals surface area contributed by atoms with Crippen molar-refractivity contribution in [2.45, 2.75) is 38.0 Å². The van der Waals surface area contributed by atoms with Crippen molar-refractivity contribution in [1.29, 1.82) is 0 Å². The smallest absolute Gasteiger partial charge is 0.237 e. The fraction of sp³-hybridized carbons (Fsp3) is 0.421. The molecule has 0 spiro atoms. The van der Waals surface area contributed by atoms with E-state index >= 15 is 0 Å². The lowest BCUT2D eigenvalue weighted by Gasteiger charge is -2.32. The van der Waals surface area contributed by atoms with Crippen LogP contribution in [0.15, 0.2) is 36.8 Å². The highest BCUT2D eigenvalue weighted by molar-refractivity contribution is 8.14. The van der Waals surface area contributed by atoms with Gasteiger partial charge in [-0.1, -0.05) is 13.0 Å². The number of hydrogen-bond donors (Lipinski definition) is 1. The summed E-state index contributed by atoms with van der Waals surface area (Å²) in [6.45, 7) is 3.73. The van der Waals surface area contributed by atoms with Gasteiger partial charge in [0, 0.05) is 54.3 Å². The molecule has 1 atom stereocenters. The molecule has 0 aliphatic carbocycles. The Balaban J connectivity index is 1.68. The molecule has 1 unspecified atom stereocenters. The van der Waals surface area contributed by atoms with Gasteiger partial charge < -0.3 is 10.2 Å². The van der Waals surface area contributed by atoms with E-state index in [2.05, 4.69) is 22.3 Å². The van der Waals surface area contributed by atoms with Crippen molar-refractivity contribution in [3.63, 3.8) is 0 Å². The minimum atomic E-state index is -3.61. The van der Waals surface area contributed by atoms with Crippen LogP contribution >= 0.6 is 10.7 Å². The number of halogens is 1. The minimum absolute atomic E-state index is 0.340. The van der Waals surface area contributed by atoms with E-state index in [0.29, 0.717) is 19.5 Å². The molecular weight excluding hydrogens is 412 g/mol. The highest BCUT2D eigenvalue weighted by Gasteiger charge is 2.30. The summed E-state index contributed by atoms with van der Waals surface area (Å²) in [5.74, 6) is 1.52. The second-order valence-corrected chi connectivity index (χ2v) is 10.1. The third-order valence-electron chi connectivity index (χ3n) is 5.21. The lowest BCUT2D eigenvalue weighted by molar-refractivity contribution is 0.539. The van der Waals surface area contributed by atoms with Gasteiger partial charge >= 0.3 is 0 Å². The minimum Gasteiger partial charge on any atom is -0.366 e. The molecule has 29 heavy (non-hydrogen) atoms. The van der Waals surface area contributed by atoms with Crippen molar-refractivity contribution in [2.24, 2.45) is 0 Å². The molecule has 4 heterocycles. The van der Waals surface area contributed by atoms with Crippen LogP contribution in [0.5, 0.6) is 0 Å². The number of anilines is 2. The number of aromatic nitrogens is 4. The van der Waals surface area contributed by atoms with Gasteiger partial charge in [0.05, 0.1) is 11.4 Å². The van der Waals surface area contributed by atoms with Gasteiger partial charge in [0.2, 0.25) is 9.05 Å². The van der Waals surface area contributed by atoms with Crippen LogP contribution in [0.3, 0.4) is 0 Å². The number of fused-ring (bicyclic) bond motifs is 1. The molecule has 0 radical (unpaired) electrons. The Morgan fingerprint density at radius 2 is 2.21 bits per heavy atom. The molecule has 1 aliphatic heterocycles. The van der Waals surface area contributed by atoms with Crippen LogP contribution in [0.1, 0.15) is 30.9 Å². The van der Waals surface area contributed by atoms with E-state index in [9.17, 15) is 8.42 Å². The SMILES string of the molecule is CCc1cnn2c(NCc3cccnc3)cc(N3CCCC(S(=O)(=O)Cl)C3)nc12. The molecule has 1 N–H and O–H groups in total. The average molecular weight is 435 g/mol. The molecule has 1 fully saturated rings. The first-order chi connectivity index (χ1) is 14.0. The van der Waals surface area contributed by atoms with Crippen LogP contribution in [-0.4, -0.2) is 46.3 Å². The molecule has 3 aromatic heterocycles. The summed E-state index contributed by atoms with van der Waals surface area (Å²) in [5.41, 5.74) is 2.86. The Hall–Kier alpha value is -2.39. The van der Waals surface area contributed by atoms with Crippen molar-refractivity contribution in [2.75, 3.05) is 23.3 Å². The quantitative estimate of drug-likeness (QED) is 0.596. The molecule has 0 aromatic carbocycles. The number of piperidine rings is 1. The van der Waals surface area contributed by atoms with Gasteiger partial charge in [0.1, 0.15) is 11.6 Å². The van der Waals surface area contributed by atoms with Crippen LogP contribution < -0.4 is 10.2 Å². The maximum Gasteiger partial charge on any atom is 0.237 e. The van der Waals surface area contributed by atoms with Gasteiger partial charge in [-0.3, -0.25) is 4.98 Å².